The lowest BCUT2D eigenvalue weighted by atomic mass is 10.1. The van der Waals surface area contributed by atoms with Crippen molar-refractivity contribution in [1.29, 1.82) is 0 Å². The number of rotatable bonds is 9. The summed E-state index contributed by atoms with van der Waals surface area (Å²) in [5.74, 6) is -1.04. The van der Waals surface area contributed by atoms with Gasteiger partial charge in [0.25, 0.3) is 10.0 Å². The molecule has 7 nitrogen and oxygen atoms in total. The molecule has 0 fully saturated rings. The third kappa shape index (κ3) is 6.96. The van der Waals surface area contributed by atoms with E-state index in [-0.39, 0.29) is 27.2 Å². The van der Waals surface area contributed by atoms with E-state index in [2.05, 4.69) is 5.32 Å². The van der Waals surface area contributed by atoms with Crippen molar-refractivity contribution < 1.29 is 18.0 Å². The molecule has 1 atom stereocenters. The lowest BCUT2D eigenvalue weighted by Gasteiger charge is -2.32. The number of nitrogens with one attached hydrogen (secondary N) is 1. The Morgan fingerprint density at radius 1 is 0.946 bits per heavy atom. The van der Waals surface area contributed by atoms with Gasteiger partial charge in [0.2, 0.25) is 11.8 Å². The minimum absolute atomic E-state index is 0.0121. The lowest BCUT2D eigenvalue weighted by Crippen LogP contribution is -2.50. The molecular weight excluding hydrogens is 557 g/mol. The van der Waals surface area contributed by atoms with Crippen molar-refractivity contribution in [2.45, 2.75) is 31.3 Å². The zero-order valence-electron chi connectivity index (χ0n) is 20.4. The predicted octanol–water partition coefficient (Wildman–Crippen LogP) is 5.31. The molecule has 196 valence electrons. The molecule has 2 amide bonds. The average Bonchev–Trinajstić information content (AvgIpc) is 2.85. The summed E-state index contributed by atoms with van der Waals surface area (Å²) in [6, 6.07) is 16.5. The SMILES string of the molecule is CNC(=O)[C@@H](C)N(Cc1ccccc1Cl)C(=O)CN(c1cc(Cl)cc(Cl)c1)S(=O)(=O)c1ccc(C)cc1. The van der Waals surface area contributed by atoms with Crippen LogP contribution in [-0.4, -0.2) is 44.8 Å². The number of benzene rings is 3. The summed E-state index contributed by atoms with van der Waals surface area (Å²) in [6.07, 6.45) is 0. The van der Waals surface area contributed by atoms with E-state index in [1.807, 2.05) is 6.92 Å². The molecular formula is C26H26Cl3N3O4S. The molecule has 0 heterocycles. The molecule has 0 aliphatic rings. The van der Waals surface area contributed by atoms with Gasteiger partial charge in [-0.3, -0.25) is 13.9 Å². The predicted molar refractivity (Wildman–Crippen MR) is 148 cm³/mol. The zero-order chi connectivity index (χ0) is 27.3. The van der Waals surface area contributed by atoms with E-state index in [4.69, 9.17) is 34.8 Å². The molecule has 0 unspecified atom stereocenters. The van der Waals surface area contributed by atoms with Gasteiger partial charge >= 0.3 is 0 Å². The van der Waals surface area contributed by atoms with Gasteiger partial charge in [-0.1, -0.05) is 70.7 Å². The number of sulfonamides is 1. The van der Waals surface area contributed by atoms with Gasteiger partial charge in [-0.15, -0.1) is 0 Å². The molecule has 37 heavy (non-hydrogen) atoms. The van der Waals surface area contributed by atoms with Crippen LogP contribution >= 0.6 is 34.8 Å². The van der Waals surface area contributed by atoms with E-state index in [1.54, 1.807) is 43.3 Å². The minimum Gasteiger partial charge on any atom is -0.357 e. The van der Waals surface area contributed by atoms with Gasteiger partial charge in [0, 0.05) is 28.7 Å². The standard InChI is InChI=1S/C26H26Cl3N3O4S/c1-17-8-10-23(11-9-17)37(35,36)32(22-13-20(27)12-21(28)14-22)16-25(33)31(18(2)26(34)30-3)15-19-6-4-5-7-24(19)29/h4-14,18H,15-16H2,1-3H3,(H,30,34)/t18-/m1/s1. The number of likely N-dealkylation sites (N-methyl/N-ethyl adjacent to an activating group) is 1. The van der Waals surface area contributed by atoms with Crippen LogP contribution in [0.2, 0.25) is 15.1 Å². The highest BCUT2D eigenvalue weighted by Crippen LogP contribution is 2.30. The van der Waals surface area contributed by atoms with Crippen molar-refractivity contribution in [2.75, 3.05) is 17.9 Å². The molecule has 1 N–H and O–H groups in total. The molecule has 0 spiro atoms. The first-order valence-corrected chi connectivity index (χ1v) is 13.8. The van der Waals surface area contributed by atoms with Crippen LogP contribution < -0.4 is 9.62 Å². The molecule has 0 aromatic heterocycles. The summed E-state index contributed by atoms with van der Waals surface area (Å²) in [6.45, 7) is 2.77. The Kier molecular flexibility index (Phi) is 9.47. The fourth-order valence-electron chi connectivity index (χ4n) is 3.65. The third-order valence-electron chi connectivity index (χ3n) is 5.74. The van der Waals surface area contributed by atoms with Crippen LogP contribution in [0.25, 0.3) is 0 Å². The number of halogens is 3. The van der Waals surface area contributed by atoms with Gasteiger partial charge < -0.3 is 10.2 Å². The van der Waals surface area contributed by atoms with E-state index in [0.29, 0.717) is 10.6 Å². The maximum Gasteiger partial charge on any atom is 0.264 e. The van der Waals surface area contributed by atoms with Gasteiger partial charge in [0.1, 0.15) is 12.6 Å². The Morgan fingerprint density at radius 3 is 2.11 bits per heavy atom. The van der Waals surface area contributed by atoms with Crippen molar-refractivity contribution >= 4 is 62.3 Å². The van der Waals surface area contributed by atoms with Gasteiger partial charge in [0.05, 0.1) is 10.6 Å². The highest BCUT2D eigenvalue weighted by Gasteiger charge is 2.32. The fraction of sp³-hybridized carbons (Fsp3) is 0.231. The fourth-order valence-corrected chi connectivity index (χ4v) is 5.76. The lowest BCUT2D eigenvalue weighted by molar-refractivity contribution is -0.139. The normalized spacial score (nSPS) is 12.1. The van der Waals surface area contributed by atoms with Gasteiger partial charge in [0.15, 0.2) is 0 Å². The molecule has 0 bridgehead atoms. The van der Waals surface area contributed by atoms with Crippen LogP contribution in [-0.2, 0) is 26.2 Å². The van der Waals surface area contributed by atoms with Crippen LogP contribution in [0.15, 0.2) is 71.6 Å². The van der Waals surface area contributed by atoms with Gasteiger partial charge in [-0.2, -0.15) is 0 Å². The summed E-state index contributed by atoms with van der Waals surface area (Å²) in [5, 5.41) is 3.34. The Balaban J connectivity index is 2.08. The topological polar surface area (TPSA) is 86.8 Å². The van der Waals surface area contributed by atoms with Crippen molar-refractivity contribution in [3.8, 4) is 0 Å². The number of amides is 2. The molecule has 3 rings (SSSR count). The second-order valence-corrected chi connectivity index (χ2v) is 11.5. The largest absolute Gasteiger partial charge is 0.357 e. The molecule has 11 heteroatoms. The first kappa shape index (κ1) is 28.8. The number of carbonyl (C=O) groups excluding carboxylic acids is 2. The summed E-state index contributed by atoms with van der Waals surface area (Å²) < 4.78 is 28.5. The Morgan fingerprint density at radius 2 is 1.54 bits per heavy atom. The van der Waals surface area contributed by atoms with Gasteiger partial charge in [-0.25, -0.2) is 8.42 Å². The Bertz CT molecular complexity index is 1380. The Labute approximate surface area is 232 Å². The minimum atomic E-state index is -4.22. The van der Waals surface area contributed by atoms with E-state index in [1.165, 1.54) is 42.3 Å². The molecule has 0 aliphatic heterocycles. The molecule has 3 aromatic carbocycles. The number of hydrogen-bond donors (Lipinski definition) is 1. The van der Waals surface area contributed by atoms with Crippen LogP contribution in [0.4, 0.5) is 5.69 Å². The highest BCUT2D eigenvalue weighted by molar-refractivity contribution is 7.92. The third-order valence-corrected chi connectivity index (χ3v) is 8.33. The van der Waals surface area contributed by atoms with Crippen LogP contribution in [0.3, 0.4) is 0 Å². The highest BCUT2D eigenvalue weighted by atomic mass is 35.5. The van der Waals surface area contributed by atoms with Crippen molar-refractivity contribution in [2.24, 2.45) is 0 Å². The maximum absolute atomic E-state index is 13.8. The summed E-state index contributed by atoms with van der Waals surface area (Å²) in [4.78, 5) is 27.5. The molecule has 3 aromatic rings. The molecule has 0 aliphatic carbocycles. The van der Waals surface area contributed by atoms with Crippen molar-refractivity contribution in [1.82, 2.24) is 10.2 Å². The Hall–Kier alpha value is -2.78. The number of hydrogen-bond acceptors (Lipinski definition) is 4. The van der Waals surface area contributed by atoms with E-state index in [0.717, 1.165) is 9.87 Å². The number of anilines is 1. The van der Waals surface area contributed by atoms with Crippen LogP contribution in [0.1, 0.15) is 18.1 Å². The monoisotopic (exact) mass is 581 g/mol. The van der Waals surface area contributed by atoms with E-state index < -0.39 is 34.4 Å². The van der Waals surface area contributed by atoms with Crippen molar-refractivity contribution in [3.63, 3.8) is 0 Å². The first-order chi connectivity index (χ1) is 17.4. The second-order valence-electron chi connectivity index (χ2n) is 8.36. The second kappa shape index (κ2) is 12.2. The quantitative estimate of drug-likeness (QED) is 0.370. The smallest absolute Gasteiger partial charge is 0.264 e. The van der Waals surface area contributed by atoms with Crippen LogP contribution in [0, 0.1) is 6.92 Å². The van der Waals surface area contributed by atoms with Crippen LogP contribution in [0.5, 0.6) is 0 Å². The van der Waals surface area contributed by atoms with Crippen molar-refractivity contribution in [3.05, 3.63) is 92.9 Å². The number of carbonyl (C=O) groups is 2. The zero-order valence-corrected chi connectivity index (χ0v) is 23.5. The number of nitrogens with zero attached hydrogens (tertiary/aromatic N) is 2. The molecule has 0 saturated heterocycles. The number of aryl methyl sites for hydroxylation is 1. The van der Waals surface area contributed by atoms with Gasteiger partial charge in [-0.05, 0) is 55.8 Å². The summed E-state index contributed by atoms with van der Waals surface area (Å²) in [5.41, 5.74) is 1.58. The summed E-state index contributed by atoms with van der Waals surface area (Å²) >= 11 is 18.7. The maximum atomic E-state index is 13.8. The summed E-state index contributed by atoms with van der Waals surface area (Å²) in [7, 11) is -2.77. The van der Waals surface area contributed by atoms with E-state index in [9.17, 15) is 18.0 Å². The first-order valence-electron chi connectivity index (χ1n) is 11.2. The average molecular weight is 583 g/mol. The molecule has 0 saturated carbocycles. The molecule has 0 radical (unpaired) electrons. The van der Waals surface area contributed by atoms with E-state index >= 15 is 0 Å².